The van der Waals surface area contributed by atoms with E-state index >= 15 is 0 Å². The molecule has 2 nitrogen and oxygen atoms in total. The second-order valence-electron chi connectivity index (χ2n) is 2.56. The van der Waals surface area contributed by atoms with Crippen LogP contribution in [0.5, 0.6) is 0 Å². The first-order valence-corrected chi connectivity index (χ1v) is 3.90. The van der Waals surface area contributed by atoms with Crippen LogP contribution >= 0.6 is 0 Å². The van der Waals surface area contributed by atoms with Crippen LogP contribution < -0.4 is 5.90 Å². The van der Waals surface area contributed by atoms with E-state index in [-0.39, 0.29) is 6.10 Å². The molecule has 0 aliphatic heterocycles. The van der Waals surface area contributed by atoms with Crippen molar-refractivity contribution in [1.29, 1.82) is 0 Å². The van der Waals surface area contributed by atoms with Crippen molar-refractivity contribution in [2.75, 3.05) is 0 Å². The minimum atomic E-state index is -0.0660. The van der Waals surface area contributed by atoms with E-state index in [1.165, 1.54) is 0 Å². The van der Waals surface area contributed by atoms with Gasteiger partial charge in [-0.15, -0.1) is 6.58 Å². The number of rotatable bonds is 4. The van der Waals surface area contributed by atoms with E-state index in [1.54, 1.807) is 6.08 Å². The van der Waals surface area contributed by atoms with Crippen molar-refractivity contribution in [3.05, 3.63) is 48.6 Å². The summed E-state index contributed by atoms with van der Waals surface area (Å²) in [7, 11) is 0. The molecule has 1 aromatic carbocycles. The molecular formula is C10H13NO. The predicted octanol–water partition coefficient (Wildman–Crippen LogP) is 2.19. The van der Waals surface area contributed by atoms with Crippen LogP contribution in [0.3, 0.4) is 0 Å². The molecule has 0 amide bonds. The fourth-order valence-corrected chi connectivity index (χ4v) is 1.09. The lowest BCUT2D eigenvalue weighted by Crippen LogP contribution is -2.08. The van der Waals surface area contributed by atoms with Gasteiger partial charge in [0, 0.05) is 0 Å². The third-order valence-electron chi connectivity index (χ3n) is 1.72. The molecule has 0 fully saturated rings. The van der Waals surface area contributed by atoms with Gasteiger partial charge in [0.2, 0.25) is 0 Å². The molecule has 0 aromatic heterocycles. The van der Waals surface area contributed by atoms with Gasteiger partial charge >= 0.3 is 0 Å². The SMILES string of the molecule is C=CCC(ON)c1ccccc1. The standard InChI is InChI=1S/C10H13NO/c1-2-6-10(12-11)9-7-4-3-5-8-9/h2-5,7-8,10H,1,6,11H2. The zero-order valence-electron chi connectivity index (χ0n) is 6.94. The van der Waals surface area contributed by atoms with Gasteiger partial charge in [-0.1, -0.05) is 36.4 Å². The van der Waals surface area contributed by atoms with Gasteiger partial charge in [0.15, 0.2) is 0 Å². The van der Waals surface area contributed by atoms with E-state index in [4.69, 9.17) is 10.7 Å². The molecule has 64 valence electrons. The first kappa shape index (κ1) is 8.97. The van der Waals surface area contributed by atoms with Crippen LogP contribution in [0.25, 0.3) is 0 Å². The summed E-state index contributed by atoms with van der Waals surface area (Å²) in [6.07, 6.45) is 2.47. The maximum atomic E-state index is 5.14. The Balaban J connectivity index is 2.72. The van der Waals surface area contributed by atoms with Crippen LogP contribution in [-0.2, 0) is 4.84 Å². The average molecular weight is 163 g/mol. The summed E-state index contributed by atoms with van der Waals surface area (Å²) in [5, 5.41) is 0. The number of benzene rings is 1. The quantitative estimate of drug-likeness (QED) is 0.545. The third kappa shape index (κ3) is 2.19. The maximum absolute atomic E-state index is 5.14. The molecule has 1 atom stereocenters. The van der Waals surface area contributed by atoms with Crippen molar-refractivity contribution >= 4 is 0 Å². The number of hydrogen-bond acceptors (Lipinski definition) is 2. The second kappa shape index (κ2) is 4.70. The van der Waals surface area contributed by atoms with Crippen molar-refractivity contribution in [3.63, 3.8) is 0 Å². The molecule has 2 heteroatoms. The largest absolute Gasteiger partial charge is 0.296 e. The fraction of sp³-hybridized carbons (Fsp3) is 0.200. The normalized spacial score (nSPS) is 12.4. The van der Waals surface area contributed by atoms with Gasteiger partial charge in [-0.3, -0.25) is 4.84 Å². The van der Waals surface area contributed by atoms with Crippen molar-refractivity contribution in [1.82, 2.24) is 0 Å². The molecule has 0 saturated carbocycles. The smallest absolute Gasteiger partial charge is 0.107 e. The molecule has 0 aliphatic rings. The molecule has 1 rings (SSSR count). The van der Waals surface area contributed by atoms with Gasteiger partial charge < -0.3 is 0 Å². The molecule has 1 unspecified atom stereocenters. The molecule has 0 saturated heterocycles. The summed E-state index contributed by atoms with van der Waals surface area (Å²) in [6.45, 7) is 3.64. The zero-order chi connectivity index (χ0) is 8.81. The lowest BCUT2D eigenvalue weighted by Gasteiger charge is -2.11. The summed E-state index contributed by atoms with van der Waals surface area (Å²) in [4.78, 5) is 4.81. The highest BCUT2D eigenvalue weighted by atomic mass is 16.6. The lowest BCUT2D eigenvalue weighted by molar-refractivity contribution is 0.0549. The van der Waals surface area contributed by atoms with E-state index in [9.17, 15) is 0 Å². The Kier molecular flexibility index (Phi) is 3.51. The Morgan fingerprint density at radius 1 is 1.42 bits per heavy atom. The minimum Gasteiger partial charge on any atom is -0.296 e. The average Bonchev–Trinajstić information content (AvgIpc) is 2.15. The van der Waals surface area contributed by atoms with Crippen LogP contribution in [0.1, 0.15) is 18.1 Å². The molecule has 0 bridgehead atoms. The van der Waals surface area contributed by atoms with Crippen molar-refractivity contribution < 1.29 is 4.84 Å². The molecule has 0 heterocycles. The van der Waals surface area contributed by atoms with E-state index in [0.717, 1.165) is 12.0 Å². The van der Waals surface area contributed by atoms with Crippen molar-refractivity contribution in [2.45, 2.75) is 12.5 Å². The number of hydrogen-bond donors (Lipinski definition) is 1. The van der Waals surface area contributed by atoms with Crippen LogP contribution in [0.2, 0.25) is 0 Å². The summed E-state index contributed by atoms with van der Waals surface area (Å²) < 4.78 is 0. The van der Waals surface area contributed by atoms with Crippen LogP contribution in [0.15, 0.2) is 43.0 Å². The number of nitrogens with two attached hydrogens (primary N) is 1. The highest BCUT2D eigenvalue weighted by molar-refractivity contribution is 5.17. The highest BCUT2D eigenvalue weighted by Gasteiger charge is 2.07. The van der Waals surface area contributed by atoms with Gasteiger partial charge in [0.05, 0.1) is 0 Å². The predicted molar refractivity (Wildman–Crippen MR) is 49.3 cm³/mol. The monoisotopic (exact) mass is 163 g/mol. The molecule has 0 radical (unpaired) electrons. The summed E-state index contributed by atoms with van der Waals surface area (Å²) in [5.74, 6) is 5.14. The topological polar surface area (TPSA) is 35.2 Å². The molecule has 12 heavy (non-hydrogen) atoms. The highest BCUT2D eigenvalue weighted by Crippen LogP contribution is 2.18. The molecule has 2 N–H and O–H groups in total. The Hall–Kier alpha value is -1.12. The Morgan fingerprint density at radius 2 is 2.08 bits per heavy atom. The van der Waals surface area contributed by atoms with Gasteiger partial charge in [-0.05, 0) is 12.0 Å². The lowest BCUT2D eigenvalue weighted by atomic mass is 10.1. The fourth-order valence-electron chi connectivity index (χ4n) is 1.09. The molecule has 0 aliphatic carbocycles. The van der Waals surface area contributed by atoms with Gasteiger partial charge in [-0.2, -0.15) is 0 Å². The van der Waals surface area contributed by atoms with Gasteiger partial charge in [0.1, 0.15) is 6.10 Å². The molecule has 1 aromatic rings. The van der Waals surface area contributed by atoms with Crippen LogP contribution in [0, 0.1) is 0 Å². The van der Waals surface area contributed by atoms with Gasteiger partial charge in [0.25, 0.3) is 0 Å². The summed E-state index contributed by atoms with van der Waals surface area (Å²) >= 11 is 0. The van der Waals surface area contributed by atoms with E-state index < -0.39 is 0 Å². The van der Waals surface area contributed by atoms with Gasteiger partial charge in [-0.25, -0.2) is 5.90 Å². The second-order valence-corrected chi connectivity index (χ2v) is 2.56. The Morgan fingerprint density at radius 3 is 2.58 bits per heavy atom. The Bertz CT molecular complexity index is 233. The third-order valence-corrected chi connectivity index (χ3v) is 1.72. The van der Waals surface area contributed by atoms with E-state index in [0.29, 0.717) is 0 Å². The van der Waals surface area contributed by atoms with Crippen molar-refractivity contribution in [3.8, 4) is 0 Å². The first-order chi connectivity index (χ1) is 5.88. The first-order valence-electron chi connectivity index (χ1n) is 3.90. The summed E-state index contributed by atoms with van der Waals surface area (Å²) in [6, 6.07) is 9.86. The minimum absolute atomic E-state index is 0.0660. The zero-order valence-corrected chi connectivity index (χ0v) is 6.94. The van der Waals surface area contributed by atoms with Crippen LogP contribution in [-0.4, -0.2) is 0 Å². The van der Waals surface area contributed by atoms with Crippen molar-refractivity contribution in [2.24, 2.45) is 5.90 Å². The summed E-state index contributed by atoms with van der Waals surface area (Å²) in [5.41, 5.74) is 1.08. The Labute approximate surface area is 72.6 Å². The molecule has 0 spiro atoms. The van der Waals surface area contributed by atoms with E-state index in [1.807, 2.05) is 30.3 Å². The molecular weight excluding hydrogens is 150 g/mol. The van der Waals surface area contributed by atoms with Crippen LogP contribution in [0.4, 0.5) is 0 Å². The maximum Gasteiger partial charge on any atom is 0.107 e. The van der Waals surface area contributed by atoms with E-state index in [2.05, 4.69) is 6.58 Å².